The average molecular weight is 1440 g/mol. The Morgan fingerprint density at radius 2 is 0.465 bits per heavy atom. The van der Waals surface area contributed by atoms with Crippen molar-refractivity contribution in [2.45, 2.75) is 258 Å². The van der Waals surface area contributed by atoms with Crippen LogP contribution in [0.25, 0.3) is 0 Å². The first kappa shape index (κ1) is 78.7. The van der Waals surface area contributed by atoms with Crippen molar-refractivity contribution in [3.63, 3.8) is 0 Å². The Morgan fingerprint density at radius 1 is 0.283 bits per heavy atom. The van der Waals surface area contributed by atoms with Crippen LogP contribution in [0.3, 0.4) is 0 Å². The highest BCUT2D eigenvalue weighted by Crippen LogP contribution is 2.40. The van der Waals surface area contributed by atoms with Gasteiger partial charge in [0.05, 0.1) is 46.2 Å². The molecule has 0 amide bonds. The summed E-state index contributed by atoms with van der Waals surface area (Å²) in [5.74, 6) is -1.40. The van der Waals surface area contributed by atoms with Gasteiger partial charge in [-0.15, -0.1) is 0 Å². The highest BCUT2D eigenvalue weighted by atomic mass is 16.8. The molecule has 16 bridgehead atoms. The van der Waals surface area contributed by atoms with Gasteiger partial charge < -0.3 is 204 Å². The molecule has 0 saturated carbocycles. The van der Waals surface area contributed by atoms with Crippen LogP contribution in [0, 0.1) is 0 Å². The highest BCUT2D eigenvalue weighted by Gasteiger charge is 2.60. The second kappa shape index (κ2) is 34.1. The minimum Gasteiger partial charge on any atom is -0.480 e. The van der Waals surface area contributed by atoms with Gasteiger partial charge in [0, 0.05) is 6.54 Å². The zero-order chi connectivity index (χ0) is 71.7. The Kier molecular flexibility index (Phi) is 27.1. The molecular formula is C57H89NO41. The van der Waals surface area contributed by atoms with E-state index in [1.54, 1.807) is 30.3 Å². The predicted molar refractivity (Wildman–Crippen MR) is 304 cm³/mol. The minimum atomic E-state index is -2.32. The van der Waals surface area contributed by atoms with Crippen LogP contribution >= 0.6 is 0 Å². The van der Waals surface area contributed by atoms with E-state index < -0.39 is 310 Å². The second-order valence-electron chi connectivity index (χ2n) is 25.3. The molecule has 30 aliphatic rings. The zero-order valence-electron chi connectivity index (χ0n) is 52.1. The molecule has 30 saturated heterocycles. The number of rotatable bonds is 13. The van der Waals surface area contributed by atoms with E-state index in [2.05, 4.69) is 5.32 Å². The molecule has 30 heterocycles. The van der Waals surface area contributed by atoms with Crippen molar-refractivity contribution in [3.05, 3.63) is 35.9 Å². The summed E-state index contributed by atoms with van der Waals surface area (Å²) in [5.41, 5.74) is 0.528. The zero-order valence-corrected chi connectivity index (χ0v) is 52.1. The van der Waals surface area contributed by atoms with Gasteiger partial charge in [-0.25, -0.2) is 0 Å². The number of aliphatic carboxylic acids is 1. The maximum atomic E-state index is 12.7. The van der Waals surface area contributed by atoms with Crippen LogP contribution in [-0.4, -0.2) is 433 Å². The van der Waals surface area contributed by atoms with Crippen molar-refractivity contribution in [2.24, 2.45) is 0 Å². The van der Waals surface area contributed by atoms with Crippen molar-refractivity contribution in [1.82, 2.24) is 5.32 Å². The number of aliphatic hydroxyl groups excluding tert-OH is 23. The number of ether oxygens (including phenoxy) is 16. The maximum Gasteiger partial charge on any atom is 0.321 e. The molecule has 42 nitrogen and oxygen atoms in total. The third-order valence-electron chi connectivity index (χ3n) is 18.9. The maximum absolute atomic E-state index is 12.7. The SMILES string of the molecule is O=C(O)[C@H](Cc1ccccc1)NC[C@H]1O[C@@H]2O[C@H]3[C@H](O)[C@@H](O)[C@@H](O[C@H]4[C@H](O)[C@@H](O)[C@@H](O[C@H]5[C@H](O)[C@@H](O)[C@@H](O[C@H]6[C@H](O)[C@@H](O)[C@@H](O[C@H]7[C@H](O)[C@@H](O)[C@@H](O[C@H]8[C@H](O)[C@@H](O)[C@@H](O[C@H]9[C@H](O)[C@@H](O)[C@@H](O[C@H]1[C@H](O)[C@H]2O)O[C@@H]9CO)O[C@@H]8CO)O[C@@H]7CO)O[C@@H]6CO)O[C@@H]5CO)O[C@@H]4CO)O[C@@H]3CO. The lowest BCUT2D eigenvalue weighted by molar-refractivity contribution is -0.403. The summed E-state index contributed by atoms with van der Waals surface area (Å²) in [6.45, 7) is -8.39. The number of aliphatic hydroxyl groups is 23. The van der Waals surface area contributed by atoms with E-state index in [-0.39, 0.29) is 6.42 Å². The van der Waals surface area contributed by atoms with Crippen LogP contribution in [0.15, 0.2) is 30.3 Å². The summed E-state index contributed by atoms with van der Waals surface area (Å²) in [6.07, 6.45) is -83.6. The molecule has 0 aliphatic carbocycles. The van der Waals surface area contributed by atoms with Gasteiger partial charge >= 0.3 is 5.97 Å². The van der Waals surface area contributed by atoms with Crippen molar-refractivity contribution in [2.75, 3.05) is 52.8 Å². The molecule has 30 fully saturated rings. The molecule has 1 aromatic rings. The van der Waals surface area contributed by atoms with Crippen LogP contribution in [0.5, 0.6) is 0 Å². The molecule has 0 radical (unpaired) electrons. The van der Waals surface area contributed by atoms with Crippen molar-refractivity contribution in [3.8, 4) is 0 Å². The summed E-state index contributed by atoms with van der Waals surface area (Å²) in [4.78, 5) is 12.7. The molecule has 568 valence electrons. The lowest BCUT2D eigenvalue weighted by atomic mass is 9.94. The second-order valence-corrected chi connectivity index (χ2v) is 25.3. The molecular weight excluding hydrogens is 1350 g/mol. The highest BCUT2D eigenvalue weighted by molar-refractivity contribution is 5.73. The Bertz CT molecular complexity index is 2640. The fraction of sp³-hybridized carbons (Fsp3) is 0.877. The van der Waals surface area contributed by atoms with Crippen molar-refractivity contribution in [1.29, 1.82) is 0 Å². The number of benzene rings is 1. The Hall–Kier alpha value is -2.91. The molecule has 0 unspecified atom stereocenters. The molecule has 0 spiro atoms. The molecule has 41 atom stereocenters. The van der Waals surface area contributed by atoms with Crippen molar-refractivity contribution < 1.29 is 203 Å². The van der Waals surface area contributed by atoms with Crippen LogP contribution in [0.1, 0.15) is 5.56 Å². The van der Waals surface area contributed by atoms with E-state index >= 15 is 0 Å². The quantitative estimate of drug-likeness (QED) is 0.0872. The molecule has 0 aromatic heterocycles. The molecule has 25 N–H and O–H groups in total. The topological polar surface area (TPSA) is 662 Å². The van der Waals surface area contributed by atoms with Crippen molar-refractivity contribution >= 4 is 5.97 Å². The third-order valence-corrected chi connectivity index (χ3v) is 18.9. The van der Waals surface area contributed by atoms with Gasteiger partial charge in [-0.05, 0) is 12.0 Å². The predicted octanol–water partition coefficient (Wildman–Crippen LogP) is -16.1. The number of hydrogen-bond acceptors (Lipinski definition) is 41. The summed E-state index contributed by atoms with van der Waals surface area (Å²) in [7, 11) is 0. The van der Waals surface area contributed by atoms with E-state index in [0.717, 1.165) is 0 Å². The summed E-state index contributed by atoms with van der Waals surface area (Å²) < 4.78 is 92.8. The Labute approximate surface area is 560 Å². The fourth-order valence-corrected chi connectivity index (χ4v) is 13.3. The lowest BCUT2D eigenvalue weighted by Gasteiger charge is -2.50. The van der Waals surface area contributed by atoms with Crippen LogP contribution in [0.4, 0.5) is 0 Å². The van der Waals surface area contributed by atoms with Gasteiger partial charge in [0.2, 0.25) is 0 Å². The van der Waals surface area contributed by atoms with Gasteiger partial charge in [-0.3, -0.25) is 4.79 Å². The van der Waals surface area contributed by atoms with Crippen LogP contribution < -0.4 is 5.32 Å². The lowest BCUT2D eigenvalue weighted by Crippen LogP contribution is -2.69. The number of hydrogen-bond donors (Lipinski definition) is 25. The van der Waals surface area contributed by atoms with Gasteiger partial charge in [0.1, 0.15) is 201 Å². The molecule has 99 heavy (non-hydrogen) atoms. The van der Waals surface area contributed by atoms with E-state index in [1.165, 1.54) is 0 Å². The Balaban J connectivity index is 0.935. The van der Waals surface area contributed by atoms with Crippen LogP contribution in [-0.2, 0) is 87.0 Å². The smallest absolute Gasteiger partial charge is 0.321 e. The monoisotopic (exact) mass is 1440 g/mol. The van der Waals surface area contributed by atoms with E-state index in [0.29, 0.717) is 5.56 Å². The number of carboxylic acids is 1. The molecule has 42 heteroatoms. The molecule has 1 aromatic carbocycles. The first-order valence-electron chi connectivity index (χ1n) is 31.9. The largest absolute Gasteiger partial charge is 0.480 e. The first-order valence-corrected chi connectivity index (χ1v) is 31.9. The number of carbonyl (C=O) groups is 1. The Morgan fingerprint density at radius 3 is 0.646 bits per heavy atom. The minimum absolute atomic E-state index is 0.165. The normalized spacial score (nSPS) is 50.8. The number of nitrogens with one attached hydrogen (secondary N) is 1. The summed E-state index contributed by atoms with van der Waals surface area (Å²) >= 11 is 0. The summed E-state index contributed by atoms with van der Waals surface area (Å²) in [5, 5.41) is 272. The number of carboxylic acid groups (broad SMARTS) is 1. The fourth-order valence-electron chi connectivity index (χ4n) is 13.3. The first-order chi connectivity index (χ1) is 47.2. The standard InChI is InChI=1S/C57H89NO41/c59-8-18-42-27(68)35(76)52(86-18)95-44-20(10-61)88-54(37(78)29(44)70)97-46-22(12-63)90-56(39(80)31(46)72)99-48-24(14-65)91-57(40(81)32(48)73)98-47-23(13-64)89-55(38(79)30(47)71)96-45-21(11-62)87-53(36(77)28(45)69)94-43-19(9-60)85-51(34(75)26(43)67)92-41-17(84-50(93-42)33(74)25(41)66)7-58-16(49(82)83)6-15-4-2-1-3-5-15/h1-5,16-48,50-81H,6-14H2,(H,82,83)/t16-,17+,18+,19+,20+,21+,22+,23+,24+,25+,26+,27+,28+,29+,30+,31+,32+,33+,34+,35+,36+,37+,38+,39+,40+,41+,42+,43+,44+,45+,46+,47+,48+,50+,51+,52+,53+,54+,55+,56+,57+/m0/s1. The van der Waals surface area contributed by atoms with Gasteiger partial charge in [-0.1, -0.05) is 30.3 Å². The summed E-state index contributed by atoms with van der Waals surface area (Å²) in [6, 6.07) is 6.76. The van der Waals surface area contributed by atoms with Gasteiger partial charge in [-0.2, -0.15) is 0 Å². The van der Waals surface area contributed by atoms with Gasteiger partial charge in [0.25, 0.3) is 0 Å². The van der Waals surface area contributed by atoms with E-state index in [1.807, 2.05) is 0 Å². The van der Waals surface area contributed by atoms with Gasteiger partial charge in [0.15, 0.2) is 50.3 Å². The van der Waals surface area contributed by atoms with Crippen LogP contribution in [0.2, 0.25) is 0 Å². The molecule has 31 rings (SSSR count). The third kappa shape index (κ3) is 16.4. The van der Waals surface area contributed by atoms with E-state index in [9.17, 15) is 127 Å². The molecule has 30 aliphatic heterocycles. The van der Waals surface area contributed by atoms with E-state index in [4.69, 9.17) is 75.8 Å². The average Bonchev–Trinajstić information content (AvgIpc) is 0.781.